The van der Waals surface area contributed by atoms with Crippen molar-refractivity contribution < 1.29 is 4.12 Å². The van der Waals surface area contributed by atoms with Crippen molar-refractivity contribution in [1.82, 2.24) is 0 Å². The van der Waals surface area contributed by atoms with Crippen molar-refractivity contribution in [3.05, 3.63) is 0 Å². The van der Waals surface area contributed by atoms with Gasteiger partial charge in [0.05, 0.1) is 0 Å². The van der Waals surface area contributed by atoms with E-state index in [1.807, 2.05) is 0 Å². The SMILES string of the molecule is C#C[Si](C)(C)C.C#C[Si](C)(C)C.C#C[Si](C)(C)C.C#C[Si](C)(C)C.C#C[Si](C)(C)C.C#C[Si](C)(C)C.[SiH3]O[SiH3]. The second-order valence-electron chi connectivity index (χ2n) is 14.8. The summed E-state index contributed by atoms with van der Waals surface area (Å²) in [7, 11) is -4.76. The smallest absolute Gasteiger partial charge is 0.129 e. The van der Waals surface area contributed by atoms with Crippen molar-refractivity contribution in [1.29, 1.82) is 0 Å². The third-order valence-corrected chi connectivity index (χ3v) is 7.79. The lowest BCUT2D eigenvalue weighted by molar-refractivity contribution is 0.690. The molecule has 1 nitrogen and oxygen atoms in total. The molecule has 0 aromatic heterocycles. The monoisotopic (exact) mass is 666 g/mol. The van der Waals surface area contributed by atoms with Gasteiger partial charge in [-0.3, -0.25) is 0 Å². The number of terminal acetylenes is 6. The van der Waals surface area contributed by atoms with Crippen molar-refractivity contribution in [3.8, 4) is 71.8 Å². The molecule has 0 rings (SSSR count). The topological polar surface area (TPSA) is 9.23 Å². The molecule has 0 radical (unpaired) electrons. The van der Waals surface area contributed by atoms with Crippen molar-refractivity contribution in [2.45, 2.75) is 118 Å². The van der Waals surface area contributed by atoms with Gasteiger partial charge >= 0.3 is 0 Å². The van der Waals surface area contributed by atoms with Crippen LogP contribution in [0.25, 0.3) is 0 Å². The van der Waals surface area contributed by atoms with Crippen LogP contribution in [-0.4, -0.2) is 69.4 Å². The molecule has 0 fully saturated rings. The van der Waals surface area contributed by atoms with Crippen LogP contribution in [0.15, 0.2) is 0 Å². The average Bonchev–Trinajstić information content (AvgIpc) is 2.73. The summed E-state index contributed by atoms with van der Waals surface area (Å²) in [6.45, 7) is 38.6. The maximum Gasteiger partial charge on any atom is 0.129 e. The molecule has 9 heteroatoms. The maximum atomic E-state index is 5.12. The number of hydrogen-bond acceptors (Lipinski definition) is 1. The van der Waals surface area contributed by atoms with Gasteiger partial charge in [0, 0.05) is 0 Å². The van der Waals surface area contributed by atoms with E-state index >= 15 is 0 Å². The van der Waals surface area contributed by atoms with Gasteiger partial charge in [0.15, 0.2) is 0 Å². The van der Waals surface area contributed by atoms with Crippen molar-refractivity contribution in [2.75, 3.05) is 0 Å². The Kier molecular flexibility index (Phi) is 37.8. The van der Waals surface area contributed by atoms with Crippen LogP contribution in [0.3, 0.4) is 0 Å². The average molecular weight is 668 g/mol. The molecule has 0 spiro atoms. The van der Waals surface area contributed by atoms with Gasteiger partial charge in [-0.2, -0.15) is 0 Å². The van der Waals surface area contributed by atoms with Crippen LogP contribution in [0.2, 0.25) is 118 Å². The molecule has 0 aromatic rings. The molecular weight excluding hydrogens is 601 g/mol. The number of hydrogen-bond donors (Lipinski definition) is 0. The second kappa shape index (κ2) is 27.2. The minimum Gasteiger partial charge on any atom is -0.471 e. The van der Waals surface area contributed by atoms with E-state index in [4.69, 9.17) is 38.5 Å². The molecule has 0 aliphatic heterocycles. The number of rotatable bonds is 0. The van der Waals surface area contributed by atoms with Gasteiger partial charge in [0.1, 0.15) is 69.4 Å². The third kappa shape index (κ3) is 157. The molecule has 0 N–H and O–H groups in total. The summed E-state index contributed by atoms with van der Waals surface area (Å²) in [5.41, 5.74) is 16.5. The fourth-order valence-electron chi connectivity index (χ4n) is 0. The van der Waals surface area contributed by atoms with Crippen LogP contribution >= 0.6 is 0 Å². The molecule has 0 aliphatic carbocycles. The summed E-state index contributed by atoms with van der Waals surface area (Å²) in [4.78, 5) is 0. The minimum atomic E-state index is -1.10. The normalized spacial score (nSPS) is 10.2. The first kappa shape index (κ1) is 54.2. The molecule has 0 amide bonds. The molecule has 0 atom stereocenters. The maximum absolute atomic E-state index is 5.12. The summed E-state index contributed by atoms with van der Waals surface area (Å²) in [5, 5.41) is 0. The van der Waals surface area contributed by atoms with Crippen LogP contribution in [0.4, 0.5) is 0 Å². The molecular formula is C30H66OSi8. The van der Waals surface area contributed by atoms with E-state index < -0.39 is 48.4 Å². The zero-order valence-corrected chi connectivity index (χ0v) is 39.9. The van der Waals surface area contributed by atoms with E-state index in [2.05, 4.69) is 155 Å². The first-order valence-electron chi connectivity index (χ1n) is 13.0. The van der Waals surface area contributed by atoms with Crippen LogP contribution in [0.1, 0.15) is 0 Å². The van der Waals surface area contributed by atoms with Gasteiger partial charge in [-0.1, -0.05) is 118 Å². The Hall–Kier alpha value is -0.945. The van der Waals surface area contributed by atoms with E-state index in [0.717, 1.165) is 21.0 Å². The fraction of sp³-hybridized carbons (Fsp3) is 0.600. The summed E-state index contributed by atoms with van der Waals surface area (Å²) in [6.07, 6.45) is 30.7. The van der Waals surface area contributed by atoms with Crippen LogP contribution in [0, 0.1) is 71.8 Å². The Morgan fingerprint density at radius 2 is 0.333 bits per heavy atom. The van der Waals surface area contributed by atoms with Gasteiger partial charge in [0.2, 0.25) is 0 Å². The zero-order chi connectivity index (χ0) is 33.9. The lowest BCUT2D eigenvalue weighted by Crippen LogP contribution is -2.15. The Bertz CT molecular complexity index is 638. The minimum absolute atomic E-state index is 0.931. The summed E-state index contributed by atoms with van der Waals surface area (Å²) < 4.78 is 4.53. The van der Waals surface area contributed by atoms with Gasteiger partial charge in [-0.15, -0.1) is 71.8 Å². The van der Waals surface area contributed by atoms with Crippen molar-refractivity contribution in [3.63, 3.8) is 0 Å². The third-order valence-electron chi connectivity index (χ3n) is 2.60. The highest BCUT2D eigenvalue weighted by atomic mass is 28.3. The Morgan fingerprint density at radius 1 is 0.308 bits per heavy atom. The Balaban J connectivity index is -0.0000000617. The van der Waals surface area contributed by atoms with Crippen LogP contribution in [0.5, 0.6) is 0 Å². The van der Waals surface area contributed by atoms with Gasteiger partial charge in [-0.05, 0) is 0 Å². The summed E-state index contributed by atoms with van der Waals surface area (Å²) in [5.74, 6) is 0. The lowest BCUT2D eigenvalue weighted by atomic mass is 11.4. The molecule has 0 bridgehead atoms. The molecule has 0 saturated carbocycles. The highest BCUT2D eigenvalue weighted by Crippen LogP contribution is 1.96. The lowest BCUT2D eigenvalue weighted by Gasteiger charge is -2.00. The van der Waals surface area contributed by atoms with Crippen LogP contribution in [-0.2, 0) is 4.12 Å². The molecule has 0 heterocycles. The Morgan fingerprint density at radius 3 is 0.333 bits per heavy atom. The summed E-state index contributed by atoms with van der Waals surface area (Å²) >= 11 is 0. The second-order valence-corrected chi connectivity index (χ2v) is 46.8. The highest BCUT2D eigenvalue weighted by molar-refractivity contribution is 6.85. The molecule has 0 unspecified atom stereocenters. The predicted octanol–water partition coefficient (Wildman–Crippen LogP) is 6.55. The quantitative estimate of drug-likeness (QED) is 0.211. The standard InChI is InChI=1S/6C5H10Si.H6OSi2/c6*1-5-6(2,3)4;2-1-3/h6*1H,2-4H3;2-3H3. The highest BCUT2D eigenvalue weighted by Gasteiger charge is 2.07. The fourth-order valence-corrected chi connectivity index (χ4v) is 0. The summed E-state index contributed by atoms with van der Waals surface area (Å²) in [6, 6.07) is 0. The van der Waals surface area contributed by atoms with Gasteiger partial charge in [-0.25, -0.2) is 0 Å². The predicted molar refractivity (Wildman–Crippen MR) is 214 cm³/mol. The van der Waals surface area contributed by atoms with Crippen LogP contribution < -0.4 is 0 Å². The van der Waals surface area contributed by atoms with E-state index in [9.17, 15) is 0 Å². The van der Waals surface area contributed by atoms with Gasteiger partial charge in [0.25, 0.3) is 0 Å². The van der Waals surface area contributed by atoms with Gasteiger partial charge < -0.3 is 4.12 Å². The zero-order valence-electron chi connectivity index (χ0n) is 29.9. The largest absolute Gasteiger partial charge is 0.471 e. The Labute approximate surface area is 261 Å². The van der Waals surface area contributed by atoms with E-state index in [1.54, 1.807) is 0 Å². The van der Waals surface area contributed by atoms with E-state index in [1.165, 1.54) is 0 Å². The van der Waals surface area contributed by atoms with Crippen molar-refractivity contribution in [2.24, 2.45) is 0 Å². The molecule has 0 aromatic carbocycles. The molecule has 224 valence electrons. The first-order chi connectivity index (χ1) is 16.8. The van der Waals surface area contributed by atoms with E-state index in [0.29, 0.717) is 0 Å². The van der Waals surface area contributed by atoms with Crippen molar-refractivity contribution >= 4 is 69.4 Å². The first-order valence-corrected chi connectivity index (χ1v) is 35.7. The molecule has 0 aliphatic rings. The van der Waals surface area contributed by atoms with E-state index in [-0.39, 0.29) is 0 Å². The molecule has 0 saturated heterocycles. The molecule has 39 heavy (non-hydrogen) atoms.